The van der Waals surface area contributed by atoms with Crippen LogP contribution in [0, 0.1) is 0 Å². The van der Waals surface area contributed by atoms with Gasteiger partial charge in [-0.05, 0) is 55.9 Å². The minimum atomic E-state index is -4.49. The molecule has 3 aromatic rings. The number of likely N-dealkylation sites (tertiary alicyclic amines) is 1. The van der Waals surface area contributed by atoms with Gasteiger partial charge in [0.2, 0.25) is 5.91 Å². The van der Waals surface area contributed by atoms with Crippen molar-refractivity contribution < 1.29 is 27.9 Å². The van der Waals surface area contributed by atoms with Crippen molar-refractivity contribution in [1.82, 2.24) is 25.1 Å². The molecule has 3 N–H and O–H groups in total. The van der Waals surface area contributed by atoms with E-state index in [1.807, 2.05) is 30.3 Å². The summed E-state index contributed by atoms with van der Waals surface area (Å²) in [7, 11) is 0. The first-order valence-corrected chi connectivity index (χ1v) is 13.8. The van der Waals surface area contributed by atoms with Crippen molar-refractivity contribution in [2.24, 2.45) is 0 Å². The average molecular weight is 571 g/mol. The summed E-state index contributed by atoms with van der Waals surface area (Å²) in [4.78, 5) is 36.4. The molecule has 2 aliphatic rings. The summed E-state index contributed by atoms with van der Waals surface area (Å²) in [5, 5.41) is 15.8. The van der Waals surface area contributed by atoms with Gasteiger partial charge >= 0.3 is 12.3 Å². The number of carbonyl (C=O) groups is 2. The Labute approximate surface area is 235 Å². The molecule has 0 atom stereocenters. The Morgan fingerprint density at radius 1 is 1.02 bits per heavy atom. The van der Waals surface area contributed by atoms with Gasteiger partial charge in [0.25, 0.3) is 0 Å². The van der Waals surface area contributed by atoms with E-state index in [0.717, 1.165) is 43.4 Å². The number of benzene rings is 2. The van der Waals surface area contributed by atoms with Crippen LogP contribution in [0.1, 0.15) is 36.8 Å². The first-order chi connectivity index (χ1) is 19.7. The second-order valence-corrected chi connectivity index (χ2v) is 10.7. The first kappa shape index (κ1) is 28.6. The Kier molecular flexibility index (Phi) is 8.57. The molecular weight excluding hydrogens is 537 g/mol. The van der Waals surface area contributed by atoms with E-state index in [1.54, 1.807) is 4.90 Å². The lowest BCUT2D eigenvalue weighted by Gasteiger charge is -2.47. The Bertz CT molecular complexity index is 1360. The van der Waals surface area contributed by atoms with Gasteiger partial charge in [-0.2, -0.15) is 13.2 Å². The third kappa shape index (κ3) is 7.05. The van der Waals surface area contributed by atoms with Crippen LogP contribution in [0.25, 0.3) is 10.9 Å². The van der Waals surface area contributed by atoms with E-state index in [0.29, 0.717) is 37.6 Å². The zero-order valence-electron chi connectivity index (χ0n) is 22.5. The number of alkyl halides is 3. The summed E-state index contributed by atoms with van der Waals surface area (Å²) in [5.74, 6) is -0.102. The maximum absolute atomic E-state index is 13.1. The smallest absolute Gasteiger partial charge is 0.416 e. The van der Waals surface area contributed by atoms with E-state index < -0.39 is 17.8 Å². The number of hydrogen-bond acceptors (Lipinski definition) is 6. The average Bonchev–Trinajstić information content (AvgIpc) is 2.94. The summed E-state index contributed by atoms with van der Waals surface area (Å²) >= 11 is 0. The molecule has 0 spiro atoms. The van der Waals surface area contributed by atoms with Crippen molar-refractivity contribution in [2.45, 2.75) is 56.4 Å². The van der Waals surface area contributed by atoms with Gasteiger partial charge in [-0.3, -0.25) is 9.69 Å². The molecule has 1 saturated carbocycles. The van der Waals surface area contributed by atoms with E-state index in [9.17, 15) is 27.9 Å². The predicted octanol–water partition coefficient (Wildman–Crippen LogP) is 4.39. The van der Waals surface area contributed by atoms with Gasteiger partial charge in [0.1, 0.15) is 12.1 Å². The third-order valence-electron chi connectivity index (χ3n) is 8.01. The number of hydrogen-bond donors (Lipinski definition) is 3. The number of amides is 2. The molecule has 2 amide bonds. The molecule has 1 saturated heterocycles. The van der Waals surface area contributed by atoms with Crippen LogP contribution in [-0.4, -0.2) is 81.2 Å². The molecule has 0 unspecified atom stereocenters. The Morgan fingerprint density at radius 3 is 2.44 bits per heavy atom. The van der Waals surface area contributed by atoms with E-state index in [1.165, 1.54) is 12.4 Å². The molecule has 1 aliphatic heterocycles. The third-order valence-corrected chi connectivity index (χ3v) is 8.01. The zero-order valence-corrected chi connectivity index (χ0v) is 22.5. The van der Waals surface area contributed by atoms with Crippen molar-refractivity contribution in [3.05, 3.63) is 66.0 Å². The topological polar surface area (TPSA) is 111 Å². The number of nitrogens with zero attached hydrogens (tertiary/aromatic N) is 4. The van der Waals surface area contributed by atoms with Crippen LogP contribution in [0.15, 0.2) is 54.9 Å². The molecule has 2 fully saturated rings. The molecule has 1 aromatic heterocycles. The molecule has 9 nitrogen and oxygen atoms in total. The minimum absolute atomic E-state index is 0.0117. The molecular formula is C29H33F3N6O3. The summed E-state index contributed by atoms with van der Waals surface area (Å²) in [6, 6.07) is 13.5. The Hall–Kier alpha value is -3.93. The second-order valence-electron chi connectivity index (χ2n) is 10.7. The highest BCUT2D eigenvalue weighted by Crippen LogP contribution is 2.33. The fourth-order valence-electron chi connectivity index (χ4n) is 5.78. The number of nitrogens with one attached hydrogen (secondary N) is 2. The molecule has 0 bridgehead atoms. The molecule has 5 rings (SSSR count). The van der Waals surface area contributed by atoms with Crippen molar-refractivity contribution in [3.63, 3.8) is 0 Å². The number of anilines is 1. The van der Waals surface area contributed by atoms with Crippen LogP contribution in [0.5, 0.6) is 0 Å². The number of rotatable bonds is 9. The van der Waals surface area contributed by atoms with Crippen LogP contribution in [0.2, 0.25) is 0 Å². The molecule has 1 aliphatic carbocycles. The molecule has 2 aromatic carbocycles. The highest BCUT2D eigenvalue weighted by atomic mass is 19.4. The maximum Gasteiger partial charge on any atom is 0.416 e. The van der Waals surface area contributed by atoms with Gasteiger partial charge in [0.05, 0.1) is 23.7 Å². The fraction of sp³-hybridized carbons (Fsp3) is 0.448. The summed E-state index contributed by atoms with van der Waals surface area (Å²) in [6.07, 6.45) is 0.000972. The second kappa shape index (κ2) is 12.3. The highest BCUT2D eigenvalue weighted by Gasteiger charge is 2.37. The lowest BCUT2D eigenvalue weighted by Crippen LogP contribution is -2.63. The van der Waals surface area contributed by atoms with Crippen LogP contribution in [0.4, 0.5) is 23.8 Å². The number of aromatic nitrogens is 2. The van der Waals surface area contributed by atoms with Crippen LogP contribution in [0.3, 0.4) is 0 Å². The largest absolute Gasteiger partial charge is 0.465 e. The summed E-state index contributed by atoms with van der Waals surface area (Å²) in [6.45, 7) is 1.78. The number of carbonyl (C=O) groups excluding carboxylic acids is 1. The molecule has 2 heterocycles. The van der Waals surface area contributed by atoms with Gasteiger partial charge in [-0.1, -0.05) is 30.3 Å². The molecule has 0 radical (unpaired) electrons. The summed E-state index contributed by atoms with van der Waals surface area (Å²) < 4.78 is 39.4. The number of fused-ring (bicyclic) bond motifs is 1. The van der Waals surface area contributed by atoms with Crippen molar-refractivity contribution >= 4 is 28.7 Å². The standard InChI is InChI=1S/C29H33F3N6O3/c30-29(31,32)20-6-11-25-24(14-20)27(35-18-34-25)33-15-26(39)36-21-16-37(17-21)22-7-9-23(10-8-22)38(28(40)41)13-12-19-4-2-1-3-5-19/h1-6,11,14,18,21-23H,7-10,12-13,15-17H2,(H,36,39)(H,40,41)(H,33,34,35). The Morgan fingerprint density at radius 2 is 1.76 bits per heavy atom. The van der Waals surface area contributed by atoms with Crippen LogP contribution < -0.4 is 10.6 Å². The van der Waals surface area contributed by atoms with Gasteiger partial charge in [-0.15, -0.1) is 0 Å². The normalized spacial score (nSPS) is 19.9. The summed E-state index contributed by atoms with van der Waals surface area (Å²) in [5.41, 5.74) is 0.666. The van der Waals surface area contributed by atoms with Gasteiger partial charge in [0, 0.05) is 37.1 Å². The van der Waals surface area contributed by atoms with Crippen LogP contribution in [-0.2, 0) is 17.4 Å². The van der Waals surface area contributed by atoms with E-state index in [-0.39, 0.29) is 35.7 Å². The number of halogens is 3. The Balaban J connectivity index is 1.05. The quantitative estimate of drug-likeness (QED) is 0.350. The van der Waals surface area contributed by atoms with E-state index in [4.69, 9.17) is 0 Å². The van der Waals surface area contributed by atoms with Crippen LogP contribution >= 0.6 is 0 Å². The van der Waals surface area contributed by atoms with E-state index in [2.05, 4.69) is 25.5 Å². The van der Waals surface area contributed by atoms with Gasteiger partial charge in [0.15, 0.2) is 0 Å². The van der Waals surface area contributed by atoms with E-state index >= 15 is 0 Å². The lowest BCUT2D eigenvalue weighted by atomic mass is 9.87. The molecule has 12 heteroatoms. The van der Waals surface area contributed by atoms with Crippen molar-refractivity contribution in [3.8, 4) is 0 Å². The number of carboxylic acid groups (broad SMARTS) is 1. The molecule has 41 heavy (non-hydrogen) atoms. The zero-order chi connectivity index (χ0) is 29.0. The first-order valence-electron chi connectivity index (χ1n) is 13.8. The fourth-order valence-corrected chi connectivity index (χ4v) is 5.78. The SMILES string of the molecule is O=C(CNc1ncnc2ccc(C(F)(F)F)cc12)NC1CN(C2CCC(N(CCc3ccccc3)C(=O)O)CC2)C1. The molecule has 218 valence electrons. The monoisotopic (exact) mass is 570 g/mol. The minimum Gasteiger partial charge on any atom is -0.465 e. The van der Waals surface area contributed by atoms with Gasteiger partial charge < -0.3 is 20.6 Å². The maximum atomic E-state index is 13.1. The predicted molar refractivity (Wildman–Crippen MR) is 147 cm³/mol. The van der Waals surface area contributed by atoms with Gasteiger partial charge in [-0.25, -0.2) is 14.8 Å². The highest BCUT2D eigenvalue weighted by molar-refractivity contribution is 5.91. The van der Waals surface area contributed by atoms with Crippen molar-refractivity contribution in [2.75, 3.05) is 31.5 Å². The van der Waals surface area contributed by atoms with Crippen molar-refractivity contribution in [1.29, 1.82) is 0 Å². The lowest BCUT2D eigenvalue weighted by molar-refractivity contribution is -0.137.